The van der Waals surface area contributed by atoms with E-state index >= 15 is 0 Å². The van der Waals surface area contributed by atoms with Gasteiger partial charge in [0.15, 0.2) is 11.5 Å². The topological polar surface area (TPSA) is 103 Å². The number of aliphatic hydroxyl groups is 1. The van der Waals surface area contributed by atoms with Gasteiger partial charge in [-0.05, 0) is 18.1 Å². The number of nitrogens with one attached hydrogen (secondary N) is 1. The van der Waals surface area contributed by atoms with Crippen LogP contribution in [0, 0.1) is 0 Å². The Labute approximate surface area is 203 Å². The van der Waals surface area contributed by atoms with E-state index in [1.807, 2.05) is 67.6 Å². The molecule has 2 N–H and O–H groups in total. The molecule has 2 aromatic heterocycles. The molecular formula is C26H29N5O4. The smallest absolute Gasteiger partial charge is 0.197 e. The molecule has 35 heavy (non-hydrogen) atoms. The lowest BCUT2D eigenvalue weighted by molar-refractivity contribution is -0.147. The van der Waals surface area contributed by atoms with E-state index in [4.69, 9.17) is 14.2 Å². The summed E-state index contributed by atoms with van der Waals surface area (Å²) in [6.45, 7) is 2.47. The number of nitrogens with zero attached hydrogens (tertiary/aromatic N) is 4. The van der Waals surface area contributed by atoms with Crippen LogP contribution in [0.4, 0.5) is 5.82 Å². The molecule has 2 aromatic carbocycles. The van der Waals surface area contributed by atoms with Crippen molar-refractivity contribution >= 4 is 11.5 Å². The molecule has 1 fully saturated rings. The molecule has 1 saturated heterocycles. The minimum atomic E-state index is -0.946. The van der Waals surface area contributed by atoms with Crippen LogP contribution < -0.4 is 5.32 Å². The van der Waals surface area contributed by atoms with E-state index in [1.165, 1.54) is 6.33 Å². The van der Waals surface area contributed by atoms with Crippen molar-refractivity contribution in [1.29, 1.82) is 0 Å². The van der Waals surface area contributed by atoms with Gasteiger partial charge >= 0.3 is 0 Å². The second-order valence-corrected chi connectivity index (χ2v) is 8.69. The highest BCUT2D eigenvalue weighted by molar-refractivity contribution is 5.61. The van der Waals surface area contributed by atoms with Crippen LogP contribution in [0.3, 0.4) is 0 Å². The van der Waals surface area contributed by atoms with Crippen molar-refractivity contribution in [2.24, 2.45) is 0 Å². The molecule has 0 saturated carbocycles. The fourth-order valence-electron chi connectivity index (χ4n) is 4.60. The second-order valence-electron chi connectivity index (χ2n) is 8.69. The fraction of sp³-hybridized carbons (Fsp3) is 0.346. The Morgan fingerprint density at radius 1 is 1.03 bits per heavy atom. The van der Waals surface area contributed by atoms with Crippen LogP contribution >= 0.6 is 0 Å². The third-order valence-electron chi connectivity index (χ3n) is 6.41. The van der Waals surface area contributed by atoms with E-state index in [2.05, 4.69) is 20.4 Å². The number of anilines is 1. The van der Waals surface area contributed by atoms with Crippen LogP contribution in [0.15, 0.2) is 73.2 Å². The number of benzene rings is 2. The highest BCUT2D eigenvalue weighted by atomic mass is 16.6. The Balaban J connectivity index is 1.51. The first-order valence-electron chi connectivity index (χ1n) is 11.6. The van der Waals surface area contributed by atoms with E-state index < -0.39 is 23.9 Å². The fourth-order valence-corrected chi connectivity index (χ4v) is 4.60. The summed E-state index contributed by atoms with van der Waals surface area (Å²) in [6.07, 6.45) is 1.44. The van der Waals surface area contributed by atoms with Gasteiger partial charge in [0, 0.05) is 7.05 Å². The Morgan fingerprint density at radius 2 is 1.71 bits per heavy atom. The van der Waals surface area contributed by atoms with Crippen molar-refractivity contribution in [3.63, 3.8) is 0 Å². The number of rotatable bonds is 9. The molecule has 0 amide bonds. The average Bonchev–Trinajstić information content (AvgIpc) is 3.45. The Hall–Kier alpha value is -3.37. The van der Waals surface area contributed by atoms with Crippen LogP contribution in [0.5, 0.6) is 0 Å². The number of aromatic nitrogens is 4. The minimum absolute atomic E-state index is 0.215. The number of fused-ring (bicyclic) bond motifs is 1. The summed E-state index contributed by atoms with van der Waals surface area (Å²) >= 11 is 0. The molecule has 0 spiro atoms. The molecule has 1 aliphatic heterocycles. The number of hydrogen-bond donors (Lipinski definition) is 2. The van der Waals surface area contributed by atoms with Crippen molar-refractivity contribution in [2.75, 3.05) is 19.0 Å². The molecule has 3 heterocycles. The number of imidazole rings is 1. The molecular weight excluding hydrogens is 446 g/mol. The van der Waals surface area contributed by atoms with Crippen LogP contribution in [-0.2, 0) is 27.4 Å². The molecule has 5 rings (SSSR count). The summed E-state index contributed by atoms with van der Waals surface area (Å²) in [5.41, 5.74) is 2.38. The predicted octanol–water partition coefficient (Wildman–Crippen LogP) is 3.16. The zero-order valence-corrected chi connectivity index (χ0v) is 19.7. The van der Waals surface area contributed by atoms with Gasteiger partial charge in [0.25, 0.3) is 0 Å². The predicted molar refractivity (Wildman–Crippen MR) is 130 cm³/mol. The van der Waals surface area contributed by atoms with Crippen LogP contribution in [0.2, 0.25) is 0 Å². The molecule has 0 bridgehead atoms. The van der Waals surface area contributed by atoms with E-state index in [-0.39, 0.29) is 6.61 Å². The summed E-state index contributed by atoms with van der Waals surface area (Å²) < 4.78 is 21.1. The van der Waals surface area contributed by atoms with Gasteiger partial charge in [-0.25, -0.2) is 14.5 Å². The largest absolute Gasteiger partial charge is 0.394 e. The first-order chi connectivity index (χ1) is 17.1. The summed E-state index contributed by atoms with van der Waals surface area (Å²) in [6, 6.07) is 19.9. The van der Waals surface area contributed by atoms with E-state index in [9.17, 15) is 5.11 Å². The molecule has 4 aromatic rings. The maximum atomic E-state index is 10.2. The number of ether oxygens (including phenoxy) is 3. The zero-order chi connectivity index (χ0) is 24.3. The Morgan fingerprint density at radius 3 is 2.37 bits per heavy atom. The lowest BCUT2D eigenvalue weighted by atomic mass is 9.90. The SMILES string of the molecule is CNc1ncnn2c([C@H]3O[C@H](CO)[C@@H](OCc4ccccc4)[C@@]3(C)OCc3ccccc3)cnc12. The van der Waals surface area contributed by atoms with Gasteiger partial charge < -0.3 is 24.6 Å². The monoisotopic (exact) mass is 475 g/mol. The van der Waals surface area contributed by atoms with Gasteiger partial charge in [0.1, 0.15) is 30.2 Å². The van der Waals surface area contributed by atoms with Crippen molar-refractivity contribution in [3.05, 3.63) is 90.0 Å². The lowest BCUT2D eigenvalue weighted by Crippen LogP contribution is -2.47. The van der Waals surface area contributed by atoms with Crippen LogP contribution in [0.1, 0.15) is 29.8 Å². The summed E-state index contributed by atoms with van der Waals surface area (Å²) in [4.78, 5) is 8.77. The molecule has 9 nitrogen and oxygen atoms in total. The van der Waals surface area contributed by atoms with Crippen molar-refractivity contribution in [2.45, 2.75) is 44.1 Å². The Bertz CT molecular complexity index is 1250. The highest BCUT2D eigenvalue weighted by Gasteiger charge is 2.57. The maximum Gasteiger partial charge on any atom is 0.197 e. The van der Waals surface area contributed by atoms with Gasteiger partial charge in [-0.2, -0.15) is 5.10 Å². The minimum Gasteiger partial charge on any atom is -0.394 e. The molecule has 0 unspecified atom stereocenters. The maximum absolute atomic E-state index is 10.2. The summed E-state index contributed by atoms with van der Waals surface area (Å²) in [5, 5.41) is 17.7. The van der Waals surface area contributed by atoms with Crippen molar-refractivity contribution in [3.8, 4) is 0 Å². The van der Waals surface area contributed by atoms with Gasteiger partial charge in [-0.3, -0.25) is 0 Å². The second kappa shape index (κ2) is 10.1. The number of hydrogen-bond acceptors (Lipinski definition) is 8. The first kappa shape index (κ1) is 23.4. The van der Waals surface area contributed by atoms with Gasteiger partial charge in [0.2, 0.25) is 0 Å². The first-order valence-corrected chi connectivity index (χ1v) is 11.6. The molecule has 4 atom stereocenters. The summed E-state index contributed by atoms with van der Waals surface area (Å²) in [7, 11) is 1.78. The summed E-state index contributed by atoms with van der Waals surface area (Å²) in [5.74, 6) is 0.603. The van der Waals surface area contributed by atoms with Crippen molar-refractivity contribution in [1.82, 2.24) is 19.6 Å². The zero-order valence-electron chi connectivity index (χ0n) is 19.7. The van der Waals surface area contributed by atoms with Crippen molar-refractivity contribution < 1.29 is 19.3 Å². The molecule has 9 heteroatoms. The highest BCUT2D eigenvalue weighted by Crippen LogP contribution is 2.46. The van der Waals surface area contributed by atoms with Gasteiger partial charge in [-0.1, -0.05) is 60.7 Å². The third-order valence-corrected chi connectivity index (χ3v) is 6.41. The lowest BCUT2D eigenvalue weighted by Gasteiger charge is -2.35. The molecule has 1 aliphatic rings. The molecule has 0 radical (unpaired) electrons. The van der Waals surface area contributed by atoms with Gasteiger partial charge in [0.05, 0.1) is 31.7 Å². The van der Waals surface area contributed by atoms with E-state index in [0.29, 0.717) is 30.4 Å². The average molecular weight is 476 g/mol. The normalized spacial score (nSPS) is 24.1. The van der Waals surface area contributed by atoms with Gasteiger partial charge in [-0.15, -0.1) is 0 Å². The van der Waals surface area contributed by atoms with E-state index in [1.54, 1.807) is 17.8 Å². The molecule has 182 valence electrons. The third kappa shape index (κ3) is 4.51. The van der Waals surface area contributed by atoms with E-state index in [0.717, 1.165) is 11.1 Å². The molecule has 0 aliphatic carbocycles. The van der Waals surface area contributed by atoms with Crippen LogP contribution in [-0.4, -0.2) is 56.2 Å². The number of aliphatic hydroxyl groups excluding tert-OH is 1. The quantitative estimate of drug-likeness (QED) is 0.381. The van der Waals surface area contributed by atoms with Crippen LogP contribution in [0.25, 0.3) is 5.65 Å². The standard InChI is InChI=1S/C26H29N5O4/c1-26(34-16-19-11-7-4-8-12-19)22(20-13-28-25-24(27-2)29-17-30-31(20)25)35-21(14-32)23(26)33-15-18-9-5-3-6-10-18/h3-13,17,21-23,32H,14-16H2,1-2H3,(H,27,29,30)/t21-,22-,23-,26+/m1/s1. The Kier molecular flexibility index (Phi) is 6.74.